The maximum absolute atomic E-state index is 13.1. The summed E-state index contributed by atoms with van der Waals surface area (Å²) in [6.45, 7) is -0.146. The van der Waals surface area contributed by atoms with Crippen molar-refractivity contribution < 1.29 is 26.0 Å². The third-order valence-corrected chi connectivity index (χ3v) is 7.06. The third-order valence-electron chi connectivity index (χ3n) is 4.22. The Hall–Kier alpha value is -2.69. The van der Waals surface area contributed by atoms with E-state index < -0.39 is 32.3 Å². The summed E-state index contributed by atoms with van der Waals surface area (Å²) in [5.41, 5.74) is 4.30. The van der Waals surface area contributed by atoms with Crippen LogP contribution in [0.2, 0.25) is 0 Å². The zero-order valence-electron chi connectivity index (χ0n) is 16.2. The molecular weight excluding hydrogens is 483 g/mol. The SMILES string of the molecule is CS(=O)(=O)C(c1nnc(CNNS(=O)[O-])o1)c1nc2cc(-c3ccc(F)nc3)ccc2s1. The molecule has 0 bridgehead atoms. The van der Waals surface area contributed by atoms with Crippen LogP contribution in [0, 0.1) is 5.95 Å². The number of aromatic nitrogens is 4. The van der Waals surface area contributed by atoms with Gasteiger partial charge in [0, 0.05) is 29.3 Å². The molecular formula is C17H14FN6O5S3-. The van der Waals surface area contributed by atoms with E-state index in [-0.39, 0.29) is 23.3 Å². The quantitative estimate of drug-likeness (QED) is 0.207. The van der Waals surface area contributed by atoms with Gasteiger partial charge in [-0.05, 0) is 29.8 Å². The zero-order valence-corrected chi connectivity index (χ0v) is 18.6. The number of hydrogen-bond donors (Lipinski definition) is 2. The number of sulfone groups is 1. The average Bonchev–Trinajstić information content (AvgIpc) is 3.34. The fourth-order valence-electron chi connectivity index (χ4n) is 2.87. The predicted molar refractivity (Wildman–Crippen MR) is 113 cm³/mol. The lowest BCUT2D eigenvalue weighted by Crippen LogP contribution is -2.32. The number of thiazole rings is 1. The van der Waals surface area contributed by atoms with E-state index in [0.717, 1.165) is 27.9 Å². The minimum Gasteiger partial charge on any atom is -0.759 e. The lowest BCUT2D eigenvalue weighted by molar-refractivity contribution is 0.424. The van der Waals surface area contributed by atoms with E-state index >= 15 is 0 Å². The highest BCUT2D eigenvalue weighted by Crippen LogP contribution is 2.36. The summed E-state index contributed by atoms with van der Waals surface area (Å²) in [4.78, 5) is 10.0. The molecule has 15 heteroatoms. The molecule has 32 heavy (non-hydrogen) atoms. The molecule has 4 rings (SSSR count). The molecule has 2 unspecified atom stereocenters. The molecule has 1 aromatic carbocycles. The summed E-state index contributed by atoms with van der Waals surface area (Å²) in [6, 6.07) is 8.17. The number of halogens is 1. The van der Waals surface area contributed by atoms with Crippen LogP contribution in [-0.4, -0.2) is 43.6 Å². The highest BCUT2D eigenvalue weighted by Gasteiger charge is 2.33. The Labute approximate surface area is 187 Å². The monoisotopic (exact) mass is 497 g/mol. The number of benzene rings is 1. The first-order valence-corrected chi connectivity index (χ1v) is 12.7. The Morgan fingerprint density at radius 1 is 1.25 bits per heavy atom. The fraction of sp³-hybridized carbons (Fsp3) is 0.176. The molecule has 0 aliphatic rings. The molecule has 0 spiro atoms. The normalized spacial score (nSPS) is 14.0. The van der Waals surface area contributed by atoms with Gasteiger partial charge in [-0.25, -0.2) is 23.8 Å². The van der Waals surface area contributed by atoms with Crippen LogP contribution < -0.4 is 10.3 Å². The smallest absolute Gasteiger partial charge is 0.241 e. The number of hydrogen-bond acceptors (Lipinski definition) is 11. The van der Waals surface area contributed by atoms with Crippen molar-refractivity contribution in [1.29, 1.82) is 0 Å². The van der Waals surface area contributed by atoms with Crippen LogP contribution in [-0.2, 0) is 27.6 Å². The minimum atomic E-state index is -3.74. The Morgan fingerprint density at radius 2 is 2.03 bits per heavy atom. The Morgan fingerprint density at radius 3 is 2.72 bits per heavy atom. The first-order valence-electron chi connectivity index (χ1n) is 8.82. The second kappa shape index (κ2) is 9.05. The van der Waals surface area contributed by atoms with E-state index in [2.05, 4.69) is 25.6 Å². The van der Waals surface area contributed by atoms with Gasteiger partial charge in [0.1, 0.15) is 5.01 Å². The largest absolute Gasteiger partial charge is 0.759 e. The van der Waals surface area contributed by atoms with Crippen molar-refractivity contribution in [2.45, 2.75) is 11.8 Å². The Bertz CT molecular complexity index is 1390. The van der Waals surface area contributed by atoms with Gasteiger partial charge in [-0.3, -0.25) is 4.21 Å². The van der Waals surface area contributed by atoms with Gasteiger partial charge >= 0.3 is 0 Å². The highest BCUT2D eigenvalue weighted by molar-refractivity contribution is 7.91. The lowest BCUT2D eigenvalue weighted by atomic mass is 10.1. The summed E-state index contributed by atoms with van der Waals surface area (Å²) < 4.78 is 65.3. The predicted octanol–water partition coefficient (Wildman–Crippen LogP) is 1.40. The second-order valence-electron chi connectivity index (χ2n) is 6.54. The number of hydrazine groups is 1. The van der Waals surface area contributed by atoms with Gasteiger partial charge in [0.25, 0.3) is 0 Å². The molecule has 0 radical (unpaired) electrons. The molecule has 2 atom stereocenters. The maximum atomic E-state index is 13.1. The molecule has 11 nitrogen and oxygen atoms in total. The molecule has 3 aromatic heterocycles. The van der Waals surface area contributed by atoms with E-state index in [9.17, 15) is 21.6 Å². The second-order valence-corrected chi connectivity index (χ2v) is 10.4. The van der Waals surface area contributed by atoms with Gasteiger partial charge < -0.3 is 8.97 Å². The average molecular weight is 498 g/mol. The molecule has 3 heterocycles. The molecule has 0 fully saturated rings. The van der Waals surface area contributed by atoms with Crippen molar-refractivity contribution in [3.05, 3.63) is 59.3 Å². The van der Waals surface area contributed by atoms with Crippen molar-refractivity contribution >= 4 is 42.7 Å². The van der Waals surface area contributed by atoms with Gasteiger partial charge in [0.05, 0.1) is 16.8 Å². The van der Waals surface area contributed by atoms with E-state index in [0.29, 0.717) is 11.1 Å². The van der Waals surface area contributed by atoms with Crippen LogP contribution in [0.4, 0.5) is 4.39 Å². The van der Waals surface area contributed by atoms with Crippen molar-refractivity contribution in [3.8, 4) is 11.1 Å². The first-order chi connectivity index (χ1) is 15.2. The maximum Gasteiger partial charge on any atom is 0.241 e. The van der Waals surface area contributed by atoms with Crippen LogP contribution >= 0.6 is 11.3 Å². The Balaban J connectivity index is 1.67. The Kier molecular flexibility index (Phi) is 6.36. The van der Waals surface area contributed by atoms with Gasteiger partial charge in [-0.2, -0.15) is 9.22 Å². The van der Waals surface area contributed by atoms with Crippen molar-refractivity contribution in [2.75, 3.05) is 6.26 Å². The minimum absolute atomic E-state index is 0.0150. The van der Waals surface area contributed by atoms with Crippen LogP contribution in [0.1, 0.15) is 22.0 Å². The summed E-state index contributed by atoms with van der Waals surface area (Å²) in [6.07, 6.45) is 2.43. The van der Waals surface area contributed by atoms with E-state index in [4.69, 9.17) is 4.42 Å². The third kappa shape index (κ3) is 5.03. The summed E-state index contributed by atoms with van der Waals surface area (Å²) in [7, 11) is -3.74. The highest BCUT2D eigenvalue weighted by atomic mass is 32.2. The molecule has 168 valence electrons. The van der Waals surface area contributed by atoms with Crippen LogP contribution in [0.5, 0.6) is 0 Å². The summed E-state index contributed by atoms with van der Waals surface area (Å²) in [5, 5.41) is 6.49. The molecule has 0 amide bonds. The van der Waals surface area contributed by atoms with E-state index in [1.807, 2.05) is 4.83 Å². The molecule has 0 saturated carbocycles. The number of nitrogens with zero attached hydrogens (tertiary/aromatic N) is 4. The van der Waals surface area contributed by atoms with E-state index in [1.165, 1.54) is 12.3 Å². The number of rotatable bonds is 8. The number of pyridine rings is 1. The van der Waals surface area contributed by atoms with Crippen LogP contribution in [0.3, 0.4) is 0 Å². The molecule has 0 saturated heterocycles. The standard InChI is InChI=1S/C17H15FN6O5S3/c1-32(27,28)15(16-23-22-14(29-16)8-20-24-31(25)26)17-21-11-6-9(2-4-12(11)30-17)10-3-5-13(18)19-7-10/h2-7,15,20,24H,8H2,1H3,(H,25,26)/p-1. The van der Waals surface area contributed by atoms with Crippen LogP contribution in [0.15, 0.2) is 40.9 Å². The van der Waals surface area contributed by atoms with Gasteiger partial charge in [0.15, 0.2) is 15.1 Å². The topological polar surface area (TPSA) is 163 Å². The van der Waals surface area contributed by atoms with Gasteiger partial charge in [0.2, 0.25) is 17.7 Å². The molecule has 2 N–H and O–H groups in total. The van der Waals surface area contributed by atoms with Crippen molar-refractivity contribution in [3.63, 3.8) is 0 Å². The molecule has 0 aliphatic heterocycles. The zero-order chi connectivity index (χ0) is 22.9. The summed E-state index contributed by atoms with van der Waals surface area (Å²) in [5.74, 6) is -0.790. The fourth-order valence-corrected chi connectivity index (χ4v) is 5.53. The van der Waals surface area contributed by atoms with Crippen molar-refractivity contribution in [2.24, 2.45) is 0 Å². The molecule has 4 aromatic rings. The molecule has 0 aliphatic carbocycles. The summed E-state index contributed by atoms with van der Waals surface area (Å²) >= 11 is -1.38. The number of nitrogens with one attached hydrogen (secondary N) is 2. The van der Waals surface area contributed by atoms with Crippen LogP contribution in [0.25, 0.3) is 21.3 Å². The first kappa shape index (κ1) is 22.5. The number of fused-ring (bicyclic) bond motifs is 1. The van der Waals surface area contributed by atoms with E-state index in [1.54, 1.807) is 24.3 Å². The van der Waals surface area contributed by atoms with Crippen molar-refractivity contribution in [1.82, 2.24) is 30.4 Å². The van der Waals surface area contributed by atoms with Gasteiger partial charge in [-0.1, -0.05) is 6.07 Å². The lowest BCUT2D eigenvalue weighted by Gasteiger charge is -2.08. The van der Waals surface area contributed by atoms with Gasteiger partial charge in [-0.15, -0.1) is 21.5 Å².